The van der Waals surface area contributed by atoms with Crippen molar-refractivity contribution in [3.05, 3.63) is 65.3 Å². The van der Waals surface area contributed by atoms with Crippen LogP contribution in [-0.4, -0.2) is 4.98 Å². The van der Waals surface area contributed by atoms with Crippen LogP contribution in [0.1, 0.15) is 0 Å². The zero-order valence-electron chi connectivity index (χ0n) is 9.10. The molecule has 0 spiro atoms. The Labute approximate surface area is 108 Å². The lowest BCUT2D eigenvalue weighted by Crippen LogP contribution is -1.85. The summed E-state index contributed by atoms with van der Waals surface area (Å²) in [6.45, 7) is 0. The van der Waals surface area contributed by atoms with Crippen molar-refractivity contribution in [1.82, 2.24) is 4.98 Å². The summed E-state index contributed by atoms with van der Waals surface area (Å²) >= 11 is 3.56. The van der Waals surface area contributed by atoms with Gasteiger partial charge in [0.05, 0.1) is 5.52 Å². The van der Waals surface area contributed by atoms with Gasteiger partial charge in [0.2, 0.25) is 0 Å². The maximum atomic E-state index is 4.49. The van der Waals surface area contributed by atoms with E-state index in [9.17, 15) is 0 Å². The third kappa shape index (κ3) is 1.85. The van der Waals surface area contributed by atoms with Crippen LogP contribution in [0, 0.1) is 0 Å². The monoisotopic (exact) mass is 283 g/mol. The molecule has 0 atom stereocenters. The summed E-state index contributed by atoms with van der Waals surface area (Å²) in [5.41, 5.74) is 3.40. The van der Waals surface area contributed by atoms with Crippen molar-refractivity contribution < 1.29 is 0 Å². The Bertz CT molecular complexity index is 662. The molecule has 17 heavy (non-hydrogen) atoms. The standard InChI is InChI=1S/C15H10BrN/c16-14-9-10-17-15-12(7-4-8-13(14)15)11-5-2-1-3-6-11/h1-10H. The highest BCUT2D eigenvalue weighted by Gasteiger charge is 2.05. The first kappa shape index (κ1) is 10.5. The van der Waals surface area contributed by atoms with E-state index in [1.54, 1.807) is 0 Å². The molecule has 0 aliphatic heterocycles. The van der Waals surface area contributed by atoms with Gasteiger partial charge in [-0.1, -0.05) is 64.5 Å². The number of pyridine rings is 1. The van der Waals surface area contributed by atoms with Gasteiger partial charge in [-0.3, -0.25) is 4.98 Å². The molecule has 0 unspecified atom stereocenters. The predicted molar refractivity (Wildman–Crippen MR) is 74.9 cm³/mol. The third-order valence-corrected chi connectivity index (χ3v) is 3.49. The van der Waals surface area contributed by atoms with E-state index in [-0.39, 0.29) is 0 Å². The average molecular weight is 284 g/mol. The second-order valence-electron chi connectivity index (χ2n) is 3.86. The number of fused-ring (bicyclic) bond motifs is 1. The molecule has 1 nitrogen and oxygen atoms in total. The molecule has 0 saturated heterocycles. The summed E-state index contributed by atoms with van der Waals surface area (Å²) in [4.78, 5) is 4.49. The number of aromatic nitrogens is 1. The maximum absolute atomic E-state index is 4.49. The molecular weight excluding hydrogens is 274 g/mol. The number of rotatable bonds is 1. The molecule has 0 aliphatic carbocycles. The fraction of sp³-hybridized carbons (Fsp3) is 0. The second kappa shape index (κ2) is 4.30. The molecule has 0 aliphatic rings. The van der Waals surface area contributed by atoms with Gasteiger partial charge in [-0.15, -0.1) is 0 Å². The number of para-hydroxylation sites is 1. The van der Waals surface area contributed by atoms with Gasteiger partial charge in [-0.2, -0.15) is 0 Å². The van der Waals surface area contributed by atoms with Gasteiger partial charge in [0.1, 0.15) is 0 Å². The van der Waals surface area contributed by atoms with Crippen molar-refractivity contribution in [3.63, 3.8) is 0 Å². The minimum absolute atomic E-state index is 1.04. The van der Waals surface area contributed by atoms with Gasteiger partial charge in [-0.05, 0) is 11.6 Å². The van der Waals surface area contributed by atoms with Crippen molar-refractivity contribution in [2.24, 2.45) is 0 Å². The number of benzene rings is 2. The Hall–Kier alpha value is -1.67. The van der Waals surface area contributed by atoms with Crippen LogP contribution in [0.5, 0.6) is 0 Å². The van der Waals surface area contributed by atoms with Crippen LogP contribution in [0.3, 0.4) is 0 Å². The van der Waals surface area contributed by atoms with Crippen LogP contribution in [0.15, 0.2) is 65.3 Å². The smallest absolute Gasteiger partial charge is 0.0791 e. The molecule has 2 heteroatoms. The van der Waals surface area contributed by atoms with Crippen molar-refractivity contribution >= 4 is 26.8 Å². The summed E-state index contributed by atoms with van der Waals surface area (Å²) < 4.78 is 1.08. The van der Waals surface area contributed by atoms with Crippen molar-refractivity contribution in [1.29, 1.82) is 0 Å². The van der Waals surface area contributed by atoms with E-state index in [1.165, 1.54) is 11.1 Å². The summed E-state index contributed by atoms with van der Waals surface area (Å²) in [6, 6.07) is 18.6. The van der Waals surface area contributed by atoms with Gasteiger partial charge in [0.25, 0.3) is 0 Å². The lowest BCUT2D eigenvalue weighted by molar-refractivity contribution is 1.40. The highest BCUT2D eigenvalue weighted by molar-refractivity contribution is 9.10. The number of hydrogen-bond donors (Lipinski definition) is 0. The zero-order valence-corrected chi connectivity index (χ0v) is 10.7. The summed E-state index contributed by atoms with van der Waals surface area (Å²) in [5, 5.41) is 1.15. The Morgan fingerprint density at radius 3 is 2.47 bits per heavy atom. The van der Waals surface area contributed by atoms with Crippen LogP contribution in [-0.2, 0) is 0 Å². The average Bonchev–Trinajstić information content (AvgIpc) is 2.40. The Morgan fingerprint density at radius 2 is 1.65 bits per heavy atom. The van der Waals surface area contributed by atoms with Crippen LogP contribution >= 0.6 is 15.9 Å². The normalized spacial score (nSPS) is 10.6. The van der Waals surface area contributed by atoms with Gasteiger partial charge in [-0.25, -0.2) is 0 Å². The first-order valence-corrected chi connectivity index (χ1v) is 6.24. The molecule has 1 aromatic heterocycles. The minimum atomic E-state index is 1.04. The SMILES string of the molecule is Brc1ccnc2c(-c3ccccc3)cccc12. The van der Waals surface area contributed by atoms with E-state index < -0.39 is 0 Å². The van der Waals surface area contributed by atoms with Crippen molar-refractivity contribution in [2.75, 3.05) is 0 Å². The highest BCUT2D eigenvalue weighted by atomic mass is 79.9. The fourth-order valence-corrected chi connectivity index (χ4v) is 2.43. The quantitative estimate of drug-likeness (QED) is 0.633. The Balaban J connectivity index is 2.35. The van der Waals surface area contributed by atoms with Crippen LogP contribution in [0.2, 0.25) is 0 Å². The lowest BCUT2D eigenvalue weighted by Gasteiger charge is -2.06. The van der Waals surface area contributed by atoms with Gasteiger partial charge in [0, 0.05) is 21.6 Å². The largest absolute Gasteiger partial charge is 0.256 e. The molecule has 1 heterocycles. The summed E-state index contributed by atoms with van der Waals surface area (Å²) in [6.07, 6.45) is 1.83. The van der Waals surface area contributed by atoms with E-state index in [1.807, 2.05) is 30.5 Å². The maximum Gasteiger partial charge on any atom is 0.0791 e. The molecule has 3 rings (SSSR count). The minimum Gasteiger partial charge on any atom is -0.256 e. The van der Waals surface area contributed by atoms with E-state index in [2.05, 4.69) is 51.2 Å². The van der Waals surface area contributed by atoms with Crippen LogP contribution in [0.4, 0.5) is 0 Å². The third-order valence-electron chi connectivity index (χ3n) is 2.80. The lowest BCUT2D eigenvalue weighted by atomic mass is 10.0. The Morgan fingerprint density at radius 1 is 0.824 bits per heavy atom. The topological polar surface area (TPSA) is 12.9 Å². The molecule has 0 saturated carbocycles. The van der Waals surface area contributed by atoms with E-state index >= 15 is 0 Å². The van der Waals surface area contributed by atoms with Gasteiger partial charge < -0.3 is 0 Å². The molecule has 3 aromatic rings. The van der Waals surface area contributed by atoms with E-state index in [0.717, 1.165) is 15.4 Å². The first-order valence-electron chi connectivity index (χ1n) is 5.45. The summed E-state index contributed by atoms with van der Waals surface area (Å²) in [5.74, 6) is 0. The van der Waals surface area contributed by atoms with Crippen molar-refractivity contribution in [3.8, 4) is 11.1 Å². The second-order valence-corrected chi connectivity index (χ2v) is 4.71. The molecule has 2 aromatic carbocycles. The van der Waals surface area contributed by atoms with Crippen LogP contribution < -0.4 is 0 Å². The molecule has 0 N–H and O–H groups in total. The first-order chi connectivity index (χ1) is 8.36. The molecule has 0 fully saturated rings. The predicted octanol–water partition coefficient (Wildman–Crippen LogP) is 4.66. The summed E-state index contributed by atoms with van der Waals surface area (Å²) in [7, 11) is 0. The van der Waals surface area contributed by atoms with Crippen molar-refractivity contribution in [2.45, 2.75) is 0 Å². The fourth-order valence-electron chi connectivity index (χ4n) is 1.99. The zero-order chi connectivity index (χ0) is 11.7. The van der Waals surface area contributed by atoms with Crippen LogP contribution in [0.25, 0.3) is 22.0 Å². The molecular formula is C15H10BrN. The number of halogens is 1. The molecule has 82 valence electrons. The van der Waals surface area contributed by atoms with E-state index in [4.69, 9.17) is 0 Å². The molecule has 0 bridgehead atoms. The Kier molecular flexibility index (Phi) is 2.65. The number of nitrogens with zero attached hydrogens (tertiary/aromatic N) is 1. The van der Waals surface area contributed by atoms with Gasteiger partial charge >= 0.3 is 0 Å². The molecule has 0 radical (unpaired) electrons. The van der Waals surface area contributed by atoms with E-state index in [0.29, 0.717) is 0 Å². The van der Waals surface area contributed by atoms with Gasteiger partial charge in [0.15, 0.2) is 0 Å². The number of hydrogen-bond acceptors (Lipinski definition) is 1. The molecule has 0 amide bonds. The highest BCUT2D eigenvalue weighted by Crippen LogP contribution is 2.30.